The zero-order valence-corrected chi connectivity index (χ0v) is 10.6. The molecule has 1 aromatic carbocycles. The van der Waals surface area contributed by atoms with Crippen LogP contribution in [0.3, 0.4) is 0 Å². The van der Waals surface area contributed by atoms with Gasteiger partial charge in [-0.1, -0.05) is 6.07 Å². The molecule has 1 heterocycles. The van der Waals surface area contributed by atoms with Gasteiger partial charge in [-0.05, 0) is 43.5 Å². The molecule has 5 heteroatoms. The molecular weight excluding hydrogens is 238 g/mol. The second-order valence-electron chi connectivity index (χ2n) is 4.56. The minimum atomic E-state index is -3.24. The Kier molecular flexibility index (Phi) is 3.40. The number of phenols is 1. The smallest absolute Gasteiger partial charge is 0.175 e. The maximum atomic E-state index is 11.3. The van der Waals surface area contributed by atoms with Gasteiger partial charge in [0.2, 0.25) is 0 Å². The maximum Gasteiger partial charge on any atom is 0.175 e. The molecular formula is C12H17NO3S. The first kappa shape index (κ1) is 12.4. The van der Waals surface area contributed by atoms with Crippen molar-refractivity contribution in [2.45, 2.75) is 30.2 Å². The summed E-state index contributed by atoms with van der Waals surface area (Å²) in [5.74, 6) is 0.0709. The van der Waals surface area contributed by atoms with E-state index in [1.54, 1.807) is 12.1 Å². The van der Waals surface area contributed by atoms with Crippen LogP contribution in [0.15, 0.2) is 23.1 Å². The molecule has 0 bridgehead atoms. The minimum Gasteiger partial charge on any atom is -0.508 e. The van der Waals surface area contributed by atoms with Crippen molar-refractivity contribution in [2.24, 2.45) is 0 Å². The van der Waals surface area contributed by atoms with E-state index in [1.807, 2.05) is 0 Å². The third-order valence-corrected chi connectivity index (χ3v) is 4.22. The van der Waals surface area contributed by atoms with Crippen LogP contribution in [0.1, 0.15) is 18.4 Å². The summed E-state index contributed by atoms with van der Waals surface area (Å²) in [6.45, 7) is 1.02. The van der Waals surface area contributed by atoms with Crippen LogP contribution >= 0.6 is 0 Å². The Morgan fingerprint density at radius 2 is 2.24 bits per heavy atom. The molecule has 0 radical (unpaired) electrons. The molecule has 4 nitrogen and oxygen atoms in total. The van der Waals surface area contributed by atoms with Crippen LogP contribution in [0, 0.1) is 0 Å². The van der Waals surface area contributed by atoms with Crippen LogP contribution in [0.25, 0.3) is 0 Å². The van der Waals surface area contributed by atoms with Crippen molar-refractivity contribution in [3.63, 3.8) is 0 Å². The van der Waals surface area contributed by atoms with Crippen molar-refractivity contribution < 1.29 is 13.5 Å². The largest absolute Gasteiger partial charge is 0.508 e. The molecule has 2 N–H and O–H groups in total. The van der Waals surface area contributed by atoms with Crippen LogP contribution in [-0.4, -0.2) is 32.4 Å². The van der Waals surface area contributed by atoms with E-state index < -0.39 is 9.84 Å². The van der Waals surface area contributed by atoms with Crippen molar-refractivity contribution in [3.8, 4) is 5.75 Å². The fourth-order valence-electron chi connectivity index (χ4n) is 2.14. The number of aromatic hydroxyl groups is 1. The molecule has 1 unspecified atom stereocenters. The topological polar surface area (TPSA) is 66.4 Å². The minimum absolute atomic E-state index is 0.0709. The number of phenolic OH excluding ortho intramolecular Hbond substituents is 1. The first-order valence-electron chi connectivity index (χ1n) is 5.72. The Morgan fingerprint density at radius 1 is 1.47 bits per heavy atom. The van der Waals surface area contributed by atoms with Gasteiger partial charge in [0.15, 0.2) is 9.84 Å². The summed E-state index contributed by atoms with van der Waals surface area (Å²) in [6, 6.07) is 4.98. The molecule has 17 heavy (non-hydrogen) atoms. The molecule has 94 valence electrons. The van der Waals surface area contributed by atoms with Gasteiger partial charge in [-0.25, -0.2) is 8.42 Å². The molecule has 0 spiro atoms. The lowest BCUT2D eigenvalue weighted by Gasteiger charge is -2.12. The SMILES string of the molecule is CS(=O)(=O)c1ccc(CC2CCCN2)c(O)c1. The average Bonchev–Trinajstić information content (AvgIpc) is 2.72. The highest BCUT2D eigenvalue weighted by molar-refractivity contribution is 7.90. The van der Waals surface area contributed by atoms with E-state index in [-0.39, 0.29) is 10.6 Å². The van der Waals surface area contributed by atoms with Gasteiger partial charge in [0.1, 0.15) is 5.75 Å². The fourth-order valence-corrected chi connectivity index (χ4v) is 2.78. The molecule has 0 amide bonds. The van der Waals surface area contributed by atoms with Crippen molar-refractivity contribution in [2.75, 3.05) is 12.8 Å². The normalized spacial score (nSPS) is 20.6. The number of rotatable bonds is 3. The summed E-state index contributed by atoms with van der Waals surface area (Å²) in [7, 11) is -3.24. The molecule has 1 atom stereocenters. The van der Waals surface area contributed by atoms with Gasteiger partial charge < -0.3 is 10.4 Å². The van der Waals surface area contributed by atoms with Crippen LogP contribution in [0.4, 0.5) is 0 Å². The monoisotopic (exact) mass is 255 g/mol. The standard InChI is InChI=1S/C12H17NO3S/c1-17(15,16)11-5-4-9(12(14)8-11)7-10-3-2-6-13-10/h4-5,8,10,13-14H,2-3,6-7H2,1H3. The first-order valence-corrected chi connectivity index (χ1v) is 7.61. The highest BCUT2D eigenvalue weighted by Crippen LogP contribution is 2.24. The Hall–Kier alpha value is -1.07. The van der Waals surface area contributed by atoms with Crippen LogP contribution in [0.2, 0.25) is 0 Å². The van der Waals surface area contributed by atoms with Crippen LogP contribution in [-0.2, 0) is 16.3 Å². The molecule has 1 fully saturated rings. The summed E-state index contributed by atoms with van der Waals surface area (Å²) < 4.78 is 22.6. The van der Waals surface area contributed by atoms with Crippen molar-refractivity contribution in [1.29, 1.82) is 0 Å². The zero-order valence-electron chi connectivity index (χ0n) is 9.81. The predicted molar refractivity (Wildman–Crippen MR) is 65.9 cm³/mol. The molecule has 0 aliphatic carbocycles. The lowest BCUT2D eigenvalue weighted by Crippen LogP contribution is -2.23. The van der Waals surface area contributed by atoms with E-state index >= 15 is 0 Å². The molecule has 0 aromatic heterocycles. The van der Waals surface area contributed by atoms with Gasteiger partial charge in [-0.15, -0.1) is 0 Å². The second kappa shape index (κ2) is 4.66. The summed E-state index contributed by atoms with van der Waals surface area (Å²) in [4.78, 5) is 0.165. The van der Waals surface area contributed by atoms with Gasteiger partial charge in [0.25, 0.3) is 0 Å². The summed E-state index contributed by atoms with van der Waals surface area (Å²) >= 11 is 0. The quantitative estimate of drug-likeness (QED) is 0.848. The molecule has 1 aliphatic rings. The van der Waals surface area contributed by atoms with E-state index in [1.165, 1.54) is 6.07 Å². The molecule has 0 saturated carbocycles. The molecule has 1 aliphatic heterocycles. The first-order chi connectivity index (χ1) is 7.97. The van der Waals surface area contributed by atoms with Gasteiger partial charge in [0, 0.05) is 12.3 Å². The predicted octanol–water partition coefficient (Wildman–Crippen LogP) is 1.09. The van der Waals surface area contributed by atoms with E-state index in [9.17, 15) is 13.5 Å². The number of hydrogen-bond acceptors (Lipinski definition) is 4. The Bertz CT molecular complexity index is 504. The van der Waals surface area contributed by atoms with Crippen LogP contribution in [0.5, 0.6) is 5.75 Å². The molecule has 2 rings (SSSR count). The van der Waals surface area contributed by atoms with Crippen molar-refractivity contribution in [3.05, 3.63) is 23.8 Å². The van der Waals surface area contributed by atoms with E-state index in [0.717, 1.165) is 37.6 Å². The number of sulfone groups is 1. The highest BCUT2D eigenvalue weighted by atomic mass is 32.2. The molecule has 1 aromatic rings. The Morgan fingerprint density at radius 3 is 2.76 bits per heavy atom. The van der Waals surface area contributed by atoms with E-state index in [0.29, 0.717) is 6.04 Å². The number of benzene rings is 1. The third kappa shape index (κ3) is 2.98. The van der Waals surface area contributed by atoms with Gasteiger partial charge >= 0.3 is 0 Å². The van der Waals surface area contributed by atoms with Gasteiger partial charge in [0.05, 0.1) is 4.90 Å². The van der Waals surface area contributed by atoms with E-state index in [2.05, 4.69) is 5.32 Å². The van der Waals surface area contributed by atoms with Crippen molar-refractivity contribution in [1.82, 2.24) is 5.32 Å². The summed E-state index contributed by atoms with van der Waals surface area (Å²) in [5.41, 5.74) is 0.803. The van der Waals surface area contributed by atoms with Gasteiger partial charge in [-0.2, -0.15) is 0 Å². The zero-order chi connectivity index (χ0) is 12.5. The second-order valence-corrected chi connectivity index (χ2v) is 6.58. The molecule has 1 saturated heterocycles. The lowest BCUT2D eigenvalue weighted by molar-refractivity contribution is 0.460. The number of hydrogen-bond donors (Lipinski definition) is 2. The highest BCUT2D eigenvalue weighted by Gasteiger charge is 2.17. The lowest BCUT2D eigenvalue weighted by atomic mass is 10.0. The Balaban J connectivity index is 2.19. The number of nitrogens with one attached hydrogen (secondary N) is 1. The fraction of sp³-hybridized carbons (Fsp3) is 0.500. The summed E-state index contributed by atoms with van der Waals surface area (Å²) in [6.07, 6.45) is 4.15. The van der Waals surface area contributed by atoms with E-state index in [4.69, 9.17) is 0 Å². The maximum absolute atomic E-state index is 11.3. The summed E-state index contributed by atoms with van der Waals surface area (Å²) in [5, 5.41) is 13.2. The van der Waals surface area contributed by atoms with Crippen LogP contribution < -0.4 is 5.32 Å². The third-order valence-electron chi connectivity index (χ3n) is 3.11. The van der Waals surface area contributed by atoms with Crippen molar-refractivity contribution >= 4 is 9.84 Å². The van der Waals surface area contributed by atoms with Gasteiger partial charge in [-0.3, -0.25) is 0 Å². The Labute approximate surface area is 102 Å². The average molecular weight is 255 g/mol.